The van der Waals surface area contributed by atoms with Gasteiger partial charge in [0.05, 0.1) is 21.9 Å². The number of hydrogen-bond donors (Lipinski definition) is 2. The van der Waals surface area contributed by atoms with Crippen molar-refractivity contribution in [1.29, 1.82) is 0 Å². The largest absolute Gasteiger partial charge is 0.494 e. The Balaban J connectivity index is 1.61. The number of sulfonamides is 1. The first kappa shape index (κ1) is 27.1. The van der Waals surface area contributed by atoms with Gasteiger partial charge in [0.1, 0.15) is 0 Å². The van der Waals surface area contributed by atoms with Gasteiger partial charge in [0, 0.05) is 36.1 Å². The smallest absolute Gasteiger partial charge is 0.243 e. The molecule has 5 rings (SSSR count). The Bertz CT molecular complexity index is 1570. The molecule has 0 unspecified atom stereocenters. The molecule has 3 aromatic carbocycles. The van der Waals surface area contributed by atoms with Crippen LogP contribution in [0.5, 0.6) is 5.88 Å². The van der Waals surface area contributed by atoms with Crippen molar-refractivity contribution < 1.29 is 13.5 Å². The molecule has 1 aliphatic carbocycles. The highest BCUT2D eigenvalue weighted by molar-refractivity contribution is 7.89. The molecule has 0 bridgehead atoms. The first-order chi connectivity index (χ1) is 18.7. The maximum atomic E-state index is 13.7. The molecule has 1 aromatic heterocycles. The van der Waals surface area contributed by atoms with Crippen molar-refractivity contribution in [3.63, 3.8) is 0 Å². The maximum Gasteiger partial charge on any atom is 0.243 e. The van der Waals surface area contributed by atoms with Gasteiger partial charge in [0.15, 0.2) is 5.88 Å². The molecule has 0 aliphatic heterocycles. The minimum Gasteiger partial charge on any atom is -0.494 e. The fraction of sp³-hybridized carbons (Fsp3) is 0.323. The lowest BCUT2D eigenvalue weighted by Gasteiger charge is -2.30. The van der Waals surface area contributed by atoms with Gasteiger partial charge < -0.3 is 15.0 Å². The number of aromatic amines is 1. The van der Waals surface area contributed by atoms with Gasteiger partial charge in [-0.25, -0.2) is 13.4 Å². The molecule has 204 valence electrons. The molecule has 7 nitrogen and oxygen atoms in total. The summed E-state index contributed by atoms with van der Waals surface area (Å²) in [5, 5.41) is 11.7. The number of benzene rings is 3. The van der Waals surface area contributed by atoms with Gasteiger partial charge in [-0.3, -0.25) is 0 Å². The van der Waals surface area contributed by atoms with Crippen LogP contribution in [-0.2, 0) is 16.6 Å². The zero-order chi connectivity index (χ0) is 27.6. The van der Waals surface area contributed by atoms with E-state index in [2.05, 4.69) is 9.88 Å². The molecule has 1 heterocycles. The lowest BCUT2D eigenvalue weighted by molar-refractivity contribution is 0.286. The van der Waals surface area contributed by atoms with Gasteiger partial charge in [-0.05, 0) is 62.8 Å². The molecular formula is C31H36N4O3S. The molecule has 0 amide bonds. The SMILES string of the molecule is CN(C)Cc1ccc(N=C(c2ccccc2)c2c(O)[nH]c3ccc(S(=O)(=O)N(C)C4CCCCC4)cc23)cc1. The highest BCUT2D eigenvalue weighted by Gasteiger charge is 2.30. The number of aromatic nitrogens is 1. The summed E-state index contributed by atoms with van der Waals surface area (Å²) in [6.07, 6.45) is 5.01. The molecule has 0 saturated heterocycles. The molecule has 8 heteroatoms. The van der Waals surface area contributed by atoms with Gasteiger partial charge >= 0.3 is 0 Å². The molecular weight excluding hydrogens is 508 g/mol. The minimum atomic E-state index is -3.71. The topological polar surface area (TPSA) is 89.0 Å². The van der Waals surface area contributed by atoms with E-state index in [1.807, 2.05) is 68.7 Å². The standard InChI is InChI=1S/C31H36N4O3S/c1-34(2)21-22-14-16-24(17-15-22)32-30(23-10-6-4-7-11-23)29-27-20-26(18-19-28(27)33-31(29)36)39(37,38)35(3)25-12-8-5-9-13-25/h4,6-7,10-11,14-20,25,33,36H,5,8-9,12-13,21H2,1-3H3. The van der Waals surface area contributed by atoms with Crippen molar-refractivity contribution in [2.24, 2.45) is 4.99 Å². The minimum absolute atomic E-state index is 0.00968. The number of nitrogens with one attached hydrogen (secondary N) is 1. The highest BCUT2D eigenvalue weighted by atomic mass is 32.2. The van der Waals surface area contributed by atoms with Crippen molar-refractivity contribution in [2.45, 2.75) is 49.6 Å². The molecule has 1 saturated carbocycles. The molecule has 4 aromatic rings. The van der Waals surface area contributed by atoms with Gasteiger partial charge in [0.2, 0.25) is 10.0 Å². The molecule has 1 fully saturated rings. The van der Waals surface area contributed by atoms with E-state index in [4.69, 9.17) is 4.99 Å². The average molecular weight is 545 g/mol. The van der Waals surface area contributed by atoms with E-state index in [9.17, 15) is 13.5 Å². The van der Waals surface area contributed by atoms with Crippen molar-refractivity contribution >= 4 is 32.3 Å². The van der Waals surface area contributed by atoms with Crippen LogP contribution in [0.25, 0.3) is 10.9 Å². The lowest BCUT2D eigenvalue weighted by atomic mass is 9.96. The van der Waals surface area contributed by atoms with Crippen LogP contribution in [0.3, 0.4) is 0 Å². The van der Waals surface area contributed by atoms with E-state index in [1.165, 1.54) is 9.87 Å². The van der Waals surface area contributed by atoms with Gasteiger partial charge in [-0.15, -0.1) is 0 Å². The second-order valence-corrected chi connectivity index (χ2v) is 12.6. The second-order valence-electron chi connectivity index (χ2n) is 10.6. The Morgan fingerprint density at radius 2 is 1.64 bits per heavy atom. The number of fused-ring (bicyclic) bond motifs is 1. The Labute approximate surface area is 230 Å². The third-order valence-corrected chi connectivity index (χ3v) is 9.38. The Hall–Kier alpha value is -3.46. The Morgan fingerprint density at radius 1 is 0.949 bits per heavy atom. The van der Waals surface area contributed by atoms with Crippen LogP contribution in [0.15, 0.2) is 82.7 Å². The Kier molecular flexibility index (Phi) is 7.88. The van der Waals surface area contributed by atoms with Crippen LogP contribution in [0, 0.1) is 0 Å². The van der Waals surface area contributed by atoms with Crippen molar-refractivity contribution in [1.82, 2.24) is 14.2 Å². The molecule has 2 N–H and O–H groups in total. The number of rotatable bonds is 8. The summed E-state index contributed by atoms with van der Waals surface area (Å²) >= 11 is 0. The summed E-state index contributed by atoms with van der Waals surface area (Å²) in [7, 11) is 2.03. The van der Waals surface area contributed by atoms with E-state index >= 15 is 0 Å². The number of hydrogen-bond acceptors (Lipinski definition) is 5. The van der Waals surface area contributed by atoms with E-state index in [0.29, 0.717) is 22.2 Å². The summed E-state index contributed by atoms with van der Waals surface area (Å²) in [6.45, 7) is 0.825. The molecule has 0 spiro atoms. The second kappa shape index (κ2) is 11.3. The number of H-pyrrole nitrogens is 1. The first-order valence-electron chi connectivity index (χ1n) is 13.4. The maximum absolute atomic E-state index is 13.7. The summed E-state index contributed by atoms with van der Waals surface area (Å²) in [5.41, 5.74) is 4.42. The number of aliphatic imine (C=N–C) groups is 1. The normalized spacial score (nSPS) is 15.5. The van der Waals surface area contributed by atoms with Crippen LogP contribution in [0.1, 0.15) is 48.8 Å². The fourth-order valence-electron chi connectivity index (χ4n) is 5.40. The predicted molar refractivity (Wildman–Crippen MR) is 157 cm³/mol. The summed E-state index contributed by atoms with van der Waals surface area (Å²) in [5.74, 6) is -0.0491. The summed E-state index contributed by atoms with van der Waals surface area (Å²) in [6, 6.07) is 22.7. The summed E-state index contributed by atoms with van der Waals surface area (Å²) in [4.78, 5) is 10.3. The molecule has 0 atom stereocenters. The van der Waals surface area contributed by atoms with Crippen LogP contribution < -0.4 is 0 Å². The quantitative estimate of drug-likeness (QED) is 0.264. The molecule has 39 heavy (non-hydrogen) atoms. The molecule has 0 radical (unpaired) electrons. The monoisotopic (exact) mass is 544 g/mol. The van der Waals surface area contributed by atoms with Crippen molar-refractivity contribution in [2.75, 3.05) is 21.1 Å². The van der Waals surface area contributed by atoms with Gasteiger partial charge in [0.25, 0.3) is 0 Å². The number of nitrogens with zero attached hydrogens (tertiary/aromatic N) is 3. The van der Waals surface area contributed by atoms with E-state index in [-0.39, 0.29) is 16.8 Å². The fourth-order valence-corrected chi connectivity index (χ4v) is 6.84. The van der Waals surface area contributed by atoms with E-state index in [1.54, 1.807) is 25.2 Å². The zero-order valence-electron chi connectivity index (χ0n) is 22.8. The van der Waals surface area contributed by atoms with Crippen LogP contribution >= 0.6 is 0 Å². The average Bonchev–Trinajstić information content (AvgIpc) is 3.27. The van der Waals surface area contributed by atoms with Crippen molar-refractivity contribution in [3.05, 3.63) is 89.5 Å². The third kappa shape index (κ3) is 5.78. The van der Waals surface area contributed by atoms with Crippen molar-refractivity contribution in [3.8, 4) is 5.88 Å². The summed E-state index contributed by atoms with van der Waals surface area (Å²) < 4.78 is 28.8. The van der Waals surface area contributed by atoms with Crippen LogP contribution in [0.4, 0.5) is 5.69 Å². The van der Waals surface area contributed by atoms with Crippen LogP contribution in [-0.4, -0.2) is 60.6 Å². The Morgan fingerprint density at radius 3 is 2.31 bits per heavy atom. The molecule has 1 aliphatic rings. The van der Waals surface area contributed by atoms with E-state index in [0.717, 1.165) is 49.9 Å². The number of aromatic hydroxyl groups is 1. The van der Waals surface area contributed by atoms with Crippen LogP contribution in [0.2, 0.25) is 0 Å². The van der Waals surface area contributed by atoms with Gasteiger partial charge in [-0.2, -0.15) is 4.31 Å². The highest BCUT2D eigenvalue weighted by Crippen LogP contribution is 2.34. The lowest BCUT2D eigenvalue weighted by Crippen LogP contribution is -2.38. The first-order valence-corrected chi connectivity index (χ1v) is 14.9. The van der Waals surface area contributed by atoms with Gasteiger partial charge in [-0.1, -0.05) is 61.7 Å². The predicted octanol–water partition coefficient (Wildman–Crippen LogP) is 6.06. The third-order valence-electron chi connectivity index (χ3n) is 7.48. The van der Waals surface area contributed by atoms with E-state index < -0.39 is 10.0 Å². The zero-order valence-corrected chi connectivity index (χ0v) is 23.6.